The predicted molar refractivity (Wildman–Crippen MR) is 118 cm³/mol. The van der Waals surface area contributed by atoms with Gasteiger partial charge in [0.1, 0.15) is 5.75 Å². The largest absolute Gasteiger partial charge is 0.480 e. The number of hydrogen-bond donors (Lipinski definition) is 1. The summed E-state index contributed by atoms with van der Waals surface area (Å²) in [6, 6.07) is 20.7. The quantitative estimate of drug-likeness (QED) is 0.584. The fourth-order valence-electron chi connectivity index (χ4n) is 4.19. The molecule has 1 N–H and O–H groups in total. The molecule has 0 aliphatic heterocycles. The van der Waals surface area contributed by atoms with E-state index in [4.69, 9.17) is 4.74 Å². The summed E-state index contributed by atoms with van der Waals surface area (Å²) in [6.45, 7) is 4.03. The van der Waals surface area contributed by atoms with Crippen molar-refractivity contribution < 1.29 is 9.53 Å². The predicted octanol–water partition coefficient (Wildman–Crippen LogP) is 5.75. The van der Waals surface area contributed by atoms with Crippen molar-refractivity contribution in [1.29, 1.82) is 0 Å². The lowest BCUT2D eigenvalue weighted by Crippen LogP contribution is -2.39. The van der Waals surface area contributed by atoms with Gasteiger partial charge >= 0.3 is 0 Å². The number of aryl methyl sites for hydroxylation is 2. The molecule has 1 aliphatic rings. The van der Waals surface area contributed by atoms with Gasteiger partial charge in [0.2, 0.25) is 0 Å². The van der Waals surface area contributed by atoms with Crippen molar-refractivity contribution in [2.45, 2.75) is 58.1 Å². The van der Waals surface area contributed by atoms with E-state index in [9.17, 15) is 4.79 Å². The van der Waals surface area contributed by atoms with Gasteiger partial charge in [-0.1, -0.05) is 61.5 Å². The third-order valence-electron chi connectivity index (χ3n) is 5.91. The van der Waals surface area contributed by atoms with Crippen molar-refractivity contribution in [2.75, 3.05) is 0 Å². The first-order valence-corrected chi connectivity index (χ1v) is 10.7. The highest BCUT2D eigenvalue weighted by molar-refractivity contribution is 5.89. The number of hydrogen-bond acceptors (Lipinski definition) is 2. The van der Waals surface area contributed by atoms with Crippen LogP contribution < -0.4 is 10.1 Å². The lowest BCUT2D eigenvalue weighted by atomic mass is 9.89. The highest BCUT2D eigenvalue weighted by atomic mass is 16.5. The smallest absolute Gasteiger partial charge is 0.261 e. The number of nitrogens with one attached hydrogen (secondary N) is 1. The number of rotatable bonds is 6. The Morgan fingerprint density at radius 1 is 1.00 bits per heavy atom. The lowest BCUT2D eigenvalue weighted by Gasteiger charge is -2.23. The highest BCUT2D eigenvalue weighted by Gasteiger charge is 2.22. The van der Waals surface area contributed by atoms with E-state index in [2.05, 4.69) is 35.6 Å². The molecule has 0 saturated carbocycles. The molecule has 3 aromatic carbocycles. The molecule has 4 rings (SSSR count). The number of ether oxygens (including phenoxy) is 1. The second kappa shape index (κ2) is 8.69. The molecule has 150 valence electrons. The van der Waals surface area contributed by atoms with Gasteiger partial charge in [-0.25, -0.2) is 0 Å². The Kier molecular flexibility index (Phi) is 5.84. The molecule has 0 heterocycles. The van der Waals surface area contributed by atoms with Gasteiger partial charge in [0.15, 0.2) is 6.10 Å². The zero-order valence-corrected chi connectivity index (χ0v) is 17.3. The molecular weight excluding hydrogens is 358 g/mol. The number of carbonyl (C=O) groups is 1. The van der Waals surface area contributed by atoms with E-state index in [1.54, 1.807) is 0 Å². The van der Waals surface area contributed by atoms with Crippen LogP contribution in [0.3, 0.4) is 0 Å². The summed E-state index contributed by atoms with van der Waals surface area (Å²) in [5, 5.41) is 5.30. The summed E-state index contributed by atoms with van der Waals surface area (Å²) in [5.41, 5.74) is 4.07. The van der Waals surface area contributed by atoms with Crippen LogP contribution in [0.2, 0.25) is 0 Å². The second-order valence-corrected chi connectivity index (χ2v) is 7.96. The van der Waals surface area contributed by atoms with Crippen LogP contribution in [0.25, 0.3) is 10.8 Å². The van der Waals surface area contributed by atoms with Crippen molar-refractivity contribution in [3.05, 3.63) is 77.4 Å². The van der Waals surface area contributed by atoms with Gasteiger partial charge in [-0.15, -0.1) is 0 Å². The highest BCUT2D eigenvalue weighted by Crippen LogP contribution is 2.27. The first kappa shape index (κ1) is 19.5. The topological polar surface area (TPSA) is 38.3 Å². The molecule has 3 heteroatoms. The Morgan fingerprint density at radius 2 is 1.76 bits per heavy atom. The van der Waals surface area contributed by atoms with Gasteiger partial charge < -0.3 is 10.1 Å². The molecule has 0 aromatic heterocycles. The van der Waals surface area contributed by atoms with E-state index in [1.807, 2.05) is 44.2 Å². The van der Waals surface area contributed by atoms with E-state index < -0.39 is 6.10 Å². The van der Waals surface area contributed by atoms with Gasteiger partial charge in [0.25, 0.3) is 5.91 Å². The molecule has 0 unspecified atom stereocenters. The van der Waals surface area contributed by atoms with Crippen molar-refractivity contribution in [1.82, 2.24) is 5.32 Å². The Morgan fingerprint density at radius 3 is 2.59 bits per heavy atom. The van der Waals surface area contributed by atoms with Crippen molar-refractivity contribution in [2.24, 2.45) is 0 Å². The van der Waals surface area contributed by atoms with Crippen LogP contribution >= 0.6 is 0 Å². The number of carbonyl (C=O) groups excluding carboxylic acids is 1. The molecule has 1 aliphatic carbocycles. The molecule has 3 nitrogen and oxygen atoms in total. The zero-order chi connectivity index (χ0) is 20.2. The Balaban J connectivity index is 1.47. The summed E-state index contributed by atoms with van der Waals surface area (Å²) >= 11 is 0. The monoisotopic (exact) mass is 387 g/mol. The minimum atomic E-state index is -0.513. The summed E-state index contributed by atoms with van der Waals surface area (Å²) in [7, 11) is 0. The second-order valence-electron chi connectivity index (χ2n) is 7.96. The first-order valence-electron chi connectivity index (χ1n) is 10.7. The molecule has 1 amide bonds. The van der Waals surface area contributed by atoms with Crippen molar-refractivity contribution >= 4 is 16.7 Å². The van der Waals surface area contributed by atoms with Crippen molar-refractivity contribution in [3.8, 4) is 5.75 Å². The maximum atomic E-state index is 13.0. The van der Waals surface area contributed by atoms with Crippen LogP contribution in [-0.2, 0) is 17.6 Å². The lowest BCUT2D eigenvalue weighted by molar-refractivity contribution is -0.128. The third-order valence-corrected chi connectivity index (χ3v) is 5.91. The van der Waals surface area contributed by atoms with E-state index >= 15 is 0 Å². The summed E-state index contributed by atoms with van der Waals surface area (Å²) in [4.78, 5) is 13.0. The van der Waals surface area contributed by atoms with Gasteiger partial charge in [0, 0.05) is 5.39 Å². The molecule has 0 saturated heterocycles. The zero-order valence-electron chi connectivity index (χ0n) is 17.3. The molecule has 0 bridgehead atoms. The molecule has 2 atom stereocenters. The third kappa shape index (κ3) is 4.29. The molecule has 0 radical (unpaired) electrons. The minimum Gasteiger partial charge on any atom is -0.480 e. The SMILES string of the molecule is CC[C@@H](Oc1cccc2ccccc12)C(=O)N[C@@H](C)c1ccc2c(c1)CCCC2. The number of fused-ring (bicyclic) bond motifs is 2. The standard InChI is InChI=1S/C26H29NO2/c1-3-24(29-25-14-8-12-20-10-6-7-13-23(20)25)26(28)27-18(2)21-16-15-19-9-4-5-11-22(19)17-21/h6-8,10,12-18,24H,3-5,9,11H2,1-2H3,(H,27,28)/t18-,24+/m0/s1. The van der Waals surface area contributed by atoms with Crippen LogP contribution in [0.15, 0.2) is 60.7 Å². The molecular formula is C26H29NO2. The molecule has 29 heavy (non-hydrogen) atoms. The number of amides is 1. The van der Waals surface area contributed by atoms with Crippen LogP contribution in [0.1, 0.15) is 55.8 Å². The molecule has 3 aromatic rings. The first-order chi connectivity index (χ1) is 14.2. The van der Waals surface area contributed by atoms with Crippen LogP contribution in [0.4, 0.5) is 0 Å². The van der Waals surface area contributed by atoms with E-state index in [-0.39, 0.29) is 11.9 Å². The fraction of sp³-hybridized carbons (Fsp3) is 0.346. The minimum absolute atomic E-state index is 0.0418. The maximum Gasteiger partial charge on any atom is 0.261 e. The summed E-state index contributed by atoms with van der Waals surface area (Å²) in [5.74, 6) is 0.692. The van der Waals surface area contributed by atoms with Crippen LogP contribution in [-0.4, -0.2) is 12.0 Å². The maximum absolute atomic E-state index is 13.0. The average Bonchev–Trinajstić information content (AvgIpc) is 2.77. The summed E-state index contributed by atoms with van der Waals surface area (Å²) < 4.78 is 6.15. The van der Waals surface area contributed by atoms with E-state index in [1.165, 1.54) is 36.0 Å². The van der Waals surface area contributed by atoms with Gasteiger partial charge in [0.05, 0.1) is 6.04 Å². The van der Waals surface area contributed by atoms with Crippen LogP contribution in [0, 0.1) is 0 Å². The van der Waals surface area contributed by atoms with Gasteiger partial charge in [-0.05, 0) is 67.2 Å². The average molecular weight is 388 g/mol. The van der Waals surface area contributed by atoms with Crippen LogP contribution in [0.5, 0.6) is 5.75 Å². The molecule has 0 fully saturated rings. The number of benzene rings is 3. The van der Waals surface area contributed by atoms with E-state index in [0.717, 1.165) is 22.9 Å². The summed E-state index contributed by atoms with van der Waals surface area (Å²) in [6.07, 6.45) is 4.96. The van der Waals surface area contributed by atoms with Gasteiger partial charge in [-0.3, -0.25) is 4.79 Å². The molecule has 0 spiro atoms. The van der Waals surface area contributed by atoms with Crippen molar-refractivity contribution in [3.63, 3.8) is 0 Å². The Hall–Kier alpha value is -2.81. The fourth-order valence-corrected chi connectivity index (χ4v) is 4.19. The van der Waals surface area contributed by atoms with Gasteiger partial charge in [-0.2, -0.15) is 0 Å². The normalized spacial score (nSPS) is 15.4. The van der Waals surface area contributed by atoms with E-state index in [0.29, 0.717) is 6.42 Å². The Labute approximate surface area is 173 Å². The Bertz CT molecular complexity index is 1010.